The van der Waals surface area contributed by atoms with E-state index in [1.54, 1.807) is 6.92 Å². The first kappa shape index (κ1) is 23.1. The number of carbonyl (C=O) groups excluding carboxylic acids is 3. The van der Waals surface area contributed by atoms with Crippen LogP contribution in [0.25, 0.3) is 0 Å². The van der Waals surface area contributed by atoms with Gasteiger partial charge in [0.15, 0.2) is 0 Å². The molecule has 2 fully saturated rings. The maximum absolute atomic E-state index is 13.1. The number of rotatable bonds is 2. The minimum absolute atomic E-state index is 0.141. The second kappa shape index (κ2) is 8.49. The van der Waals surface area contributed by atoms with Crippen molar-refractivity contribution in [1.82, 2.24) is 4.90 Å². The predicted molar refractivity (Wildman–Crippen MR) is 109 cm³/mol. The summed E-state index contributed by atoms with van der Waals surface area (Å²) in [5.74, 6) is 3.79. The van der Waals surface area contributed by atoms with E-state index in [4.69, 9.17) is 0 Å². The molecule has 1 saturated heterocycles. The Bertz CT molecular complexity index is 933. The number of alkyl halides is 3. The Kier molecular flexibility index (Phi) is 6.31. The number of hydrogen-bond donors (Lipinski definition) is 0. The Morgan fingerprint density at radius 3 is 2.06 bits per heavy atom. The number of carbonyl (C=O) groups is 3. The lowest BCUT2D eigenvalue weighted by atomic mass is 9.62. The number of hydrogen-bond acceptors (Lipinski definition) is 3. The van der Waals surface area contributed by atoms with Crippen LogP contribution in [-0.2, 0) is 14.4 Å². The second-order valence-corrected chi connectivity index (χ2v) is 8.79. The van der Waals surface area contributed by atoms with Crippen molar-refractivity contribution >= 4 is 17.5 Å². The summed E-state index contributed by atoms with van der Waals surface area (Å²) in [7, 11) is 0. The van der Waals surface area contributed by atoms with Gasteiger partial charge in [0.1, 0.15) is 23.9 Å². The van der Waals surface area contributed by atoms with Gasteiger partial charge in [-0.2, -0.15) is 13.2 Å². The van der Waals surface area contributed by atoms with Crippen LogP contribution in [-0.4, -0.2) is 41.6 Å². The molecule has 1 heterocycles. The molecule has 4 nitrogen and oxygen atoms in total. The first-order valence-corrected chi connectivity index (χ1v) is 10.4. The molecular weight excluding hydrogens is 407 g/mol. The molecule has 0 aromatic heterocycles. The van der Waals surface area contributed by atoms with Crippen molar-refractivity contribution in [2.75, 3.05) is 13.1 Å². The summed E-state index contributed by atoms with van der Waals surface area (Å²) in [4.78, 5) is 39.3. The van der Waals surface area contributed by atoms with Crippen LogP contribution in [0, 0.1) is 31.1 Å². The van der Waals surface area contributed by atoms with Gasteiger partial charge in [0.2, 0.25) is 5.91 Å². The number of benzene rings is 1. The van der Waals surface area contributed by atoms with E-state index in [-0.39, 0.29) is 37.5 Å². The Balaban J connectivity index is 1.74. The van der Waals surface area contributed by atoms with Gasteiger partial charge in [-0.25, -0.2) is 0 Å². The number of Topliss-reactive ketones (excluding diaryl/α,β-unsaturated/α-hetero) is 2. The molecule has 0 bridgehead atoms. The topological polar surface area (TPSA) is 54.5 Å². The highest BCUT2D eigenvalue weighted by molar-refractivity contribution is 6.10. The maximum atomic E-state index is 13.1. The molecule has 1 saturated carbocycles. The van der Waals surface area contributed by atoms with Gasteiger partial charge in [-0.15, -0.1) is 5.92 Å². The van der Waals surface area contributed by atoms with Crippen molar-refractivity contribution in [3.05, 3.63) is 34.4 Å². The number of aryl methyl sites for hydroxylation is 2. The second-order valence-electron chi connectivity index (χ2n) is 8.79. The molecule has 0 atom stereocenters. The lowest BCUT2D eigenvalue weighted by Crippen LogP contribution is -2.49. The largest absolute Gasteiger partial charge is 0.397 e. The van der Waals surface area contributed by atoms with Crippen molar-refractivity contribution in [3.63, 3.8) is 0 Å². The molecule has 31 heavy (non-hydrogen) atoms. The highest BCUT2D eigenvalue weighted by Crippen LogP contribution is 2.46. The molecule has 3 rings (SSSR count). The number of halogens is 3. The molecular formula is C24H26F3NO3. The molecule has 1 amide bonds. The van der Waals surface area contributed by atoms with E-state index in [2.05, 4.69) is 11.8 Å². The van der Waals surface area contributed by atoms with E-state index in [1.165, 1.54) is 4.90 Å². The molecule has 1 aromatic carbocycles. The van der Waals surface area contributed by atoms with E-state index in [9.17, 15) is 27.6 Å². The third-order valence-electron chi connectivity index (χ3n) is 6.42. The molecule has 0 radical (unpaired) electrons. The van der Waals surface area contributed by atoms with Gasteiger partial charge in [0.25, 0.3) is 0 Å². The van der Waals surface area contributed by atoms with Crippen LogP contribution in [0.5, 0.6) is 0 Å². The molecule has 1 spiro atoms. The number of nitrogens with zero attached hydrogens (tertiary/aromatic N) is 1. The molecule has 0 N–H and O–H groups in total. The van der Waals surface area contributed by atoms with Gasteiger partial charge in [-0.3, -0.25) is 14.4 Å². The molecule has 1 aliphatic heterocycles. The van der Waals surface area contributed by atoms with Gasteiger partial charge in [-0.05, 0) is 67.9 Å². The Hall–Kier alpha value is -2.62. The highest BCUT2D eigenvalue weighted by Gasteiger charge is 2.48. The molecule has 0 unspecified atom stereocenters. The van der Waals surface area contributed by atoms with Crippen LogP contribution >= 0.6 is 0 Å². The summed E-state index contributed by atoms with van der Waals surface area (Å²) in [5.41, 5.74) is 2.73. The lowest BCUT2D eigenvalue weighted by Gasteiger charge is -2.45. The highest BCUT2D eigenvalue weighted by atomic mass is 19.4. The summed E-state index contributed by atoms with van der Waals surface area (Å²) in [6, 6.07) is 3.77. The lowest BCUT2D eigenvalue weighted by molar-refractivity contribution is -0.163. The van der Waals surface area contributed by atoms with Gasteiger partial charge in [0.05, 0.1) is 0 Å². The van der Waals surface area contributed by atoms with E-state index >= 15 is 0 Å². The molecule has 2 aliphatic rings. The summed E-state index contributed by atoms with van der Waals surface area (Å²) in [5, 5.41) is 0. The van der Waals surface area contributed by atoms with Crippen molar-refractivity contribution in [2.24, 2.45) is 5.41 Å². The van der Waals surface area contributed by atoms with Crippen molar-refractivity contribution in [3.8, 4) is 11.8 Å². The summed E-state index contributed by atoms with van der Waals surface area (Å²) >= 11 is 0. The standard InChI is InChI=1S/C24H26F3NO3/c1-4-5-17-10-15(2)21(16(3)11-17)22-18(29)12-23(13-19(22)30)6-8-28(9-7-23)20(31)14-24(25,26)27/h10-11,22H,6-9,12-14H2,1-3H3. The Morgan fingerprint density at radius 2 is 1.61 bits per heavy atom. The summed E-state index contributed by atoms with van der Waals surface area (Å²) < 4.78 is 37.5. The van der Waals surface area contributed by atoms with Crippen molar-refractivity contribution in [2.45, 2.75) is 65.0 Å². The van der Waals surface area contributed by atoms with E-state index in [0.29, 0.717) is 12.8 Å². The van der Waals surface area contributed by atoms with Gasteiger partial charge in [-0.1, -0.05) is 5.92 Å². The fourth-order valence-corrected chi connectivity index (χ4v) is 5.02. The molecule has 166 valence electrons. The summed E-state index contributed by atoms with van der Waals surface area (Å²) in [6.45, 7) is 5.77. The van der Waals surface area contributed by atoms with Crippen molar-refractivity contribution < 1.29 is 27.6 Å². The SMILES string of the molecule is CC#Cc1cc(C)c(C2C(=O)CC3(CCN(C(=O)CC(F)(F)F)CC3)CC2=O)c(C)c1. The van der Waals surface area contributed by atoms with Crippen LogP contribution in [0.1, 0.15) is 67.2 Å². The Labute approximate surface area is 180 Å². The van der Waals surface area contributed by atoms with Crippen LogP contribution in [0.3, 0.4) is 0 Å². The minimum atomic E-state index is -4.54. The monoisotopic (exact) mass is 433 g/mol. The Morgan fingerprint density at radius 1 is 1.10 bits per heavy atom. The zero-order chi connectivity index (χ0) is 23.0. The minimum Gasteiger partial charge on any atom is -0.342 e. The fourth-order valence-electron chi connectivity index (χ4n) is 5.02. The van der Waals surface area contributed by atoms with E-state index < -0.39 is 29.8 Å². The van der Waals surface area contributed by atoms with Crippen LogP contribution < -0.4 is 0 Å². The van der Waals surface area contributed by atoms with Crippen LogP contribution in [0.2, 0.25) is 0 Å². The number of likely N-dealkylation sites (tertiary alicyclic amines) is 1. The fraction of sp³-hybridized carbons (Fsp3) is 0.542. The third kappa shape index (κ3) is 5.00. The average Bonchev–Trinajstić information content (AvgIpc) is 2.62. The predicted octanol–water partition coefficient (Wildman–Crippen LogP) is 4.25. The average molecular weight is 433 g/mol. The van der Waals surface area contributed by atoms with Gasteiger partial charge in [0, 0.05) is 31.5 Å². The smallest absolute Gasteiger partial charge is 0.342 e. The van der Waals surface area contributed by atoms with Crippen LogP contribution in [0.15, 0.2) is 12.1 Å². The van der Waals surface area contributed by atoms with Crippen LogP contribution in [0.4, 0.5) is 13.2 Å². The van der Waals surface area contributed by atoms with Gasteiger partial charge >= 0.3 is 6.18 Å². The number of piperidine rings is 1. The zero-order valence-corrected chi connectivity index (χ0v) is 18.0. The van der Waals surface area contributed by atoms with Gasteiger partial charge < -0.3 is 4.90 Å². The first-order chi connectivity index (χ1) is 14.4. The molecule has 7 heteroatoms. The number of ketones is 2. The van der Waals surface area contributed by atoms with E-state index in [1.807, 2.05) is 26.0 Å². The third-order valence-corrected chi connectivity index (χ3v) is 6.42. The normalized spacial score (nSPS) is 19.4. The summed E-state index contributed by atoms with van der Waals surface area (Å²) in [6.07, 6.45) is -4.87. The first-order valence-electron chi connectivity index (χ1n) is 10.4. The zero-order valence-electron chi connectivity index (χ0n) is 18.0. The molecule has 1 aromatic rings. The number of amides is 1. The molecule has 1 aliphatic carbocycles. The van der Waals surface area contributed by atoms with E-state index in [0.717, 1.165) is 22.3 Å². The van der Waals surface area contributed by atoms with Crippen molar-refractivity contribution in [1.29, 1.82) is 0 Å². The quantitative estimate of drug-likeness (QED) is 0.518. The maximum Gasteiger partial charge on any atom is 0.397 e.